The molecule has 1 aliphatic rings. The van der Waals surface area contributed by atoms with Gasteiger partial charge in [-0.05, 0) is 66.1 Å². The summed E-state index contributed by atoms with van der Waals surface area (Å²) in [5.41, 5.74) is 2.71. The fourth-order valence-electron chi connectivity index (χ4n) is 4.05. The number of benzene rings is 3. The second-order valence-electron chi connectivity index (χ2n) is 9.06. The number of ether oxygens (including phenoxy) is 3. The minimum Gasteiger partial charge on any atom is -0.508 e. The average Bonchev–Trinajstić information content (AvgIpc) is 2.90. The summed E-state index contributed by atoms with van der Waals surface area (Å²) in [6.45, 7) is 1.44. The lowest BCUT2D eigenvalue weighted by atomic mass is 10.1. The third-order valence-electron chi connectivity index (χ3n) is 6.11. The third kappa shape index (κ3) is 7.44. The number of aliphatic hydroxyl groups excluding tert-OH is 2. The molecule has 11 heteroatoms. The molecule has 1 aliphatic heterocycles. The summed E-state index contributed by atoms with van der Waals surface area (Å²) in [7, 11) is -3.77. The number of phenols is 1. The van der Waals surface area contributed by atoms with Crippen LogP contribution < -0.4 is 19.9 Å². The number of primary sulfonamides is 1. The van der Waals surface area contributed by atoms with E-state index in [1.54, 1.807) is 24.3 Å². The molecule has 0 saturated carbocycles. The lowest BCUT2D eigenvalue weighted by molar-refractivity contribution is 0.00262. The van der Waals surface area contributed by atoms with E-state index in [-0.39, 0.29) is 36.6 Å². The number of sulfonamides is 1. The molecule has 2 atom stereocenters. The zero-order chi connectivity index (χ0) is 27.1. The number of hydrogen-bond acceptors (Lipinski definition) is 9. The number of nitrogens with one attached hydrogen (secondary N) is 1. The van der Waals surface area contributed by atoms with Gasteiger partial charge in [0, 0.05) is 12.1 Å². The molecule has 4 rings (SSSR count). The maximum atomic E-state index is 11.5. The van der Waals surface area contributed by atoms with Gasteiger partial charge in [-0.15, -0.1) is 0 Å². The zero-order valence-corrected chi connectivity index (χ0v) is 21.6. The van der Waals surface area contributed by atoms with Crippen LogP contribution in [0.5, 0.6) is 17.2 Å². The second kappa shape index (κ2) is 12.6. The largest absolute Gasteiger partial charge is 0.508 e. The first kappa shape index (κ1) is 27.8. The monoisotopic (exact) mass is 544 g/mol. The van der Waals surface area contributed by atoms with Crippen LogP contribution in [0.15, 0.2) is 65.6 Å². The summed E-state index contributed by atoms with van der Waals surface area (Å²) in [4.78, 5) is 0.0393. The molecule has 0 spiro atoms. The van der Waals surface area contributed by atoms with Crippen molar-refractivity contribution >= 4 is 10.0 Å². The van der Waals surface area contributed by atoms with Crippen molar-refractivity contribution in [3.05, 3.63) is 82.9 Å². The highest BCUT2D eigenvalue weighted by Crippen LogP contribution is 2.33. The number of rotatable bonds is 12. The molecular formula is C27H32N2O8S. The van der Waals surface area contributed by atoms with Gasteiger partial charge >= 0.3 is 0 Å². The van der Waals surface area contributed by atoms with Gasteiger partial charge in [-0.2, -0.15) is 0 Å². The Kier molecular flexibility index (Phi) is 9.21. The second-order valence-corrected chi connectivity index (χ2v) is 10.6. The van der Waals surface area contributed by atoms with Crippen LogP contribution in [0.3, 0.4) is 0 Å². The lowest BCUT2D eigenvalue weighted by Gasteiger charge is -2.27. The van der Waals surface area contributed by atoms with E-state index in [1.165, 1.54) is 18.2 Å². The van der Waals surface area contributed by atoms with Gasteiger partial charge in [0.25, 0.3) is 0 Å². The predicted octanol–water partition coefficient (Wildman–Crippen LogP) is 1.75. The molecule has 0 bridgehead atoms. The molecular weight excluding hydrogens is 512 g/mol. The van der Waals surface area contributed by atoms with Crippen molar-refractivity contribution in [1.82, 2.24) is 5.32 Å². The van der Waals surface area contributed by atoms with Crippen molar-refractivity contribution in [2.75, 3.05) is 26.3 Å². The molecule has 0 fully saturated rings. The SMILES string of the molecule is NS(=O)(=O)c1cccc(COCC2COc3ccc(CCNC[C@H](O)c4ccc(O)c(CO)c4)cc3O2)c1. The Hall–Kier alpha value is -3.19. The van der Waals surface area contributed by atoms with Crippen LogP contribution in [-0.2, 0) is 34.4 Å². The third-order valence-corrected chi connectivity index (χ3v) is 7.02. The summed E-state index contributed by atoms with van der Waals surface area (Å²) < 4.78 is 40.6. The maximum absolute atomic E-state index is 11.5. The van der Waals surface area contributed by atoms with E-state index in [1.807, 2.05) is 18.2 Å². The summed E-state index contributed by atoms with van der Waals surface area (Å²) in [5.74, 6) is 1.28. The Morgan fingerprint density at radius 3 is 2.71 bits per heavy atom. The van der Waals surface area contributed by atoms with E-state index in [0.717, 1.165) is 5.56 Å². The standard InChI is InChI=1S/C27H32N2O8S/c28-38(33,34)23-3-1-2-19(10-23)15-35-16-22-17-36-26-7-4-18(11-27(26)37-22)8-9-29-13-25(32)20-5-6-24(31)21(12-20)14-30/h1-7,10-12,22,25,29-32H,8-9,13-17H2,(H2,28,33,34)/t22?,25-/m0/s1. The number of fused-ring (bicyclic) bond motifs is 1. The number of hydrogen-bond donors (Lipinski definition) is 5. The molecule has 0 aromatic heterocycles. The van der Waals surface area contributed by atoms with Crippen molar-refractivity contribution in [3.8, 4) is 17.2 Å². The van der Waals surface area contributed by atoms with Crippen molar-refractivity contribution in [3.63, 3.8) is 0 Å². The van der Waals surface area contributed by atoms with Crippen LogP contribution in [0.4, 0.5) is 0 Å². The summed E-state index contributed by atoms with van der Waals surface area (Å²) in [5, 5.41) is 37.8. The number of aromatic hydroxyl groups is 1. The van der Waals surface area contributed by atoms with Crippen LogP contribution in [0.25, 0.3) is 0 Å². The van der Waals surface area contributed by atoms with Gasteiger partial charge in [-0.1, -0.05) is 24.3 Å². The molecule has 1 heterocycles. The Labute approximate surface area is 221 Å². The highest BCUT2D eigenvalue weighted by molar-refractivity contribution is 7.89. The topological polar surface area (TPSA) is 161 Å². The first-order chi connectivity index (χ1) is 18.2. The Bertz CT molecular complexity index is 1350. The molecule has 0 radical (unpaired) electrons. The molecule has 204 valence electrons. The fraction of sp³-hybridized carbons (Fsp3) is 0.333. The number of aliphatic hydroxyl groups is 2. The molecule has 1 unspecified atom stereocenters. The summed E-state index contributed by atoms with van der Waals surface area (Å²) >= 11 is 0. The quantitative estimate of drug-likeness (QED) is 0.214. The highest BCUT2D eigenvalue weighted by atomic mass is 32.2. The van der Waals surface area contributed by atoms with Gasteiger partial charge in [-0.25, -0.2) is 13.6 Å². The minimum absolute atomic E-state index is 0.00116. The van der Waals surface area contributed by atoms with E-state index in [9.17, 15) is 23.7 Å². The van der Waals surface area contributed by atoms with Gasteiger partial charge in [0.15, 0.2) is 17.6 Å². The first-order valence-electron chi connectivity index (χ1n) is 12.2. The maximum Gasteiger partial charge on any atom is 0.238 e. The fourth-order valence-corrected chi connectivity index (χ4v) is 4.63. The highest BCUT2D eigenvalue weighted by Gasteiger charge is 2.22. The molecule has 3 aromatic carbocycles. The number of nitrogens with two attached hydrogens (primary N) is 1. The van der Waals surface area contributed by atoms with Crippen molar-refractivity contribution in [1.29, 1.82) is 0 Å². The Morgan fingerprint density at radius 1 is 1.08 bits per heavy atom. The molecule has 3 aromatic rings. The molecule has 0 saturated heterocycles. The van der Waals surface area contributed by atoms with Crippen LogP contribution >= 0.6 is 0 Å². The molecule has 38 heavy (non-hydrogen) atoms. The van der Waals surface area contributed by atoms with E-state index < -0.39 is 16.1 Å². The van der Waals surface area contributed by atoms with Gasteiger partial charge in [0.2, 0.25) is 10.0 Å². The van der Waals surface area contributed by atoms with Crippen LogP contribution in [0.2, 0.25) is 0 Å². The smallest absolute Gasteiger partial charge is 0.238 e. The zero-order valence-electron chi connectivity index (χ0n) is 20.7. The minimum atomic E-state index is -3.77. The van der Waals surface area contributed by atoms with E-state index >= 15 is 0 Å². The van der Waals surface area contributed by atoms with Crippen LogP contribution in [-0.4, -0.2) is 56.1 Å². The predicted molar refractivity (Wildman–Crippen MR) is 139 cm³/mol. The van der Waals surface area contributed by atoms with Crippen molar-refractivity contribution in [2.45, 2.75) is 36.7 Å². The van der Waals surface area contributed by atoms with Crippen molar-refractivity contribution in [2.24, 2.45) is 5.14 Å². The van der Waals surface area contributed by atoms with Gasteiger partial charge in [0.1, 0.15) is 12.4 Å². The Balaban J connectivity index is 1.23. The first-order valence-corrected chi connectivity index (χ1v) is 13.7. The molecule has 6 N–H and O–H groups in total. The summed E-state index contributed by atoms with van der Waals surface area (Å²) in [6.07, 6.45) is -0.395. The van der Waals surface area contributed by atoms with E-state index in [0.29, 0.717) is 54.3 Å². The summed E-state index contributed by atoms with van der Waals surface area (Å²) in [6, 6.07) is 16.7. The van der Waals surface area contributed by atoms with E-state index in [2.05, 4.69) is 5.32 Å². The normalized spacial score (nSPS) is 15.8. The van der Waals surface area contributed by atoms with Crippen LogP contribution in [0, 0.1) is 0 Å². The molecule has 10 nitrogen and oxygen atoms in total. The van der Waals surface area contributed by atoms with Gasteiger partial charge in [0.05, 0.1) is 30.8 Å². The lowest BCUT2D eigenvalue weighted by Crippen LogP contribution is -2.33. The van der Waals surface area contributed by atoms with E-state index in [4.69, 9.17) is 19.3 Å². The van der Waals surface area contributed by atoms with Crippen molar-refractivity contribution < 1.29 is 37.9 Å². The Morgan fingerprint density at radius 2 is 1.92 bits per heavy atom. The van der Waals surface area contributed by atoms with Gasteiger partial charge < -0.3 is 34.8 Å². The average molecular weight is 545 g/mol. The molecule has 0 aliphatic carbocycles. The van der Waals surface area contributed by atoms with Gasteiger partial charge in [-0.3, -0.25) is 0 Å². The van der Waals surface area contributed by atoms with Crippen LogP contribution in [0.1, 0.15) is 28.4 Å². The molecule has 0 amide bonds.